The molecule has 0 bridgehead atoms. The van der Waals surface area contributed by atoms with E-state index in [9.17, 15) is 4.79 Å². The summed E-state index contributed by atoms with van der Waals surface area (Å²) in [6, 6.07) is 3.82. The van der Waals surface area contributed by atoms with E-state index >= 15 is 0 Å². The van der Waals surface area contributed by atoms with Crippen LogP contribution in [0.1, 0.15) is 44.2 Å². The monoisotopic (exact) mass is 296 g/mol. The molecule has 0 amide bonds. The molecule has 0 aromatic heterocycles. The molecule has 1 N–H and O–H groups in total. The molecule has 0 aliphatic carbocycles. The van der Waals surface area contributed by atoms with Crippen molar-refractivity contribution in [2.24, 2.45) is 0 Å². The van der Waals surface area contributed by atoms with E-state index in [1.807, 2.05) is 26.0 Å². The number of carbonyl (C=O) groups is 1. The lowest BCUT2D eigenvalue weighted by Gasteiger charge is -2.15. The maximum Gasteiger partial charge on any atom is 0.331 e. The van der Waals surface area contributed by atoms with Crippen LogP contribution >= 0.6 is 11.6 Å². The van der Waals surface area contributed by atoms with E-state index in [4.69, 9.17) is 21.4 Å². The summed E-state index contributed by atoms with van der Waals surface area (Å²) in [6.07, 6.45) is 2.09. The van der Waals surface area contributed by atoms with Gasteiger partial charge >= 0.3 is 5.97 Å². The molecule has 110 valence electrons. The largest absolute Gasteiger partial charge is 0.489 e. The lowest BCUT2D eigenvalue weighted by molar-refractivity contribution is -0.132. The molecule has 0 heterocycles. The minimum absolute atomic E-state index is 0.246. The summed E-state index contributed by atoms with van der Waals surface area (Å²) in [5.41, 5.74) is 2.34. The summed E-state index contributed by atoms with van der Waals surface area (Å²) in [6.45, 7) is 8.11. The van der Waals surface area contributed by atoms with Crippen molar-refractivity contribution >= 4 is 17.6 Å². The molecule has 1 aromatic carbocycles. The normalized spacial score (nSPS) is 11.8. The second-order valence-corrected chi connectivity index (χ2v) is 5.40. The van der Waals surface area contributed by atoms with Crippen LogP contribution in [0.3, 0.4) is 0 Å². The summed E-state index contributed by atoms with van der Waals surface area (Å²) >= 11 is 6.13. The van der Waals surface area contributed by atoms with Crippen LogP contribution in [0.25, 0.3) is 0 Å². The molecule has 0 fully saturated rings. The molecule has 1 rings (SSSR count). The van der Waals surface area contributed by atoms with Gasteiger partial charge < -0.3 is 9.84 Å². The lowest BCUT2D eigenvalue weighted by atomic mass is 10.0. The second-order valence-electron chi connectivity index (χ2n) is 4.99. The molecular formula is C16H21ClO3. The lowest BCUT2D eigenvalue weighted by Crippen LogP contribution is -2.04. The summed E-state index contributed by atoms with van der Waals surface area (Å²) in [4.78, 5) is 10.9. The topological polar surface area (TPSA) is 46.5 Å². The number of aryl methyl sites for hydroxylation is 1. The summed E-state index contributed by atoms with van der Waals surface area (Å²) in [5, 5.41) is 9.67. The van der Waals surface area contributed by atoms with Gasteiger partial charge in [-0.2, -0.15) is 0 Å². The third-order valence-corrected chi connectivity index (χ3v) is 3.54. The second kappa shape index (κ2) is 7.34. The predicted molar refractivity (Wildman–Crippen MR) is 81.8 cm³/mol. The zero-order valence-corrected chi connectivity index (χ0v) is 13.1. The van der Waals surface area contributed by atoms with Crippen LogP contribution in [0, 0.1) is 6.92 Å². The van der Waals surface area contributed by atoms with Gasteiger partial charge in [0.2, 0.25) is 0 Å². The van der Waals surface area contributed by atoms with Gasteiger partial charge in [0.15, 0.2) is 0 Å². The van der Waals surface area contributed by atoms with Crippen molar-refractivity contribution < 1.29 is 14.6 Å². The van der Waals surface area contributed by atoms with E-state index in [0.717, 1.165) is 21.9 Å². The molecule has 0 aliphatic rings. The summed E-state index contributed by atoms with van der Waals surface area (Å²) in [5.74, 6) is 0.156. The van der Waals surface area contributed by atoms with Crippen molar-refractivity contribution in [1.29, 1.82) is 0 Å². The number of carboxylic acid groups (broad SMARTS) is 1. The highest BCUT2D eigenvalue weighted by Crippen LogP contribution is 2.32. The minimum Gasteiger partial charge on any atom is -0.489 e. The molecular weight excluding hydrogens is 276 g/mol. The van der Waals surface area contributed by atoms with Crippen LogP contribution in [0.2, 0.25) is 5.02 Å². The van der Waals surface area contributed by atoms with Gasteiger partial charge in [-0.1, -0.05) is 32.4 Å². The smallest absolute Gasteiger partial charge is 0.331 e. The first-order valence-corrected chi connectivity index (χ1v) is 7.09. The average molecular weight is 297 g/mol. The predicted octanol–water partition coefficient (Wildman–Crippen LogP) is 4.57. The van der Waals surface area contributed by atoms with E-state index in [1.165, 1.54) is 0 Å². The van der Waals surface area contributed by atoms with E-state index in [2.05, 4.69) is 13.8 Å². The van der Waals surface area contributed by atoms with Gasteiger partial charge in [0.05, 0.1) is 0 Å². The molecule has 20 heavy (non-hydrogen) atoms. The molecule has 1 aromatic rings. The Morgan fingerprint density at radius 2 is 2.10 bits per heavy atom. The van der Waals surface area contributed by atoms with Gasteiger partial charge in [0, 0.05) is 10.6 Å². The molecule has 0 aliphatic heterocycles. The fraction of sp³-hybridized carbons (Fsp3) is 0.438. The van der Waals surface area contributed by atoms with Crippen molar-refractivity contribution in [3.05, 3.63) is 39.9 Å². The van der Waals surface area contributed by atoms with E-state index in [-0.39, 0.29) is 12.5 Å². The Kier molecular flexibility index (Phi) is 6.08. The fourth-order valence-corrected chi connectivity index (χ4v) is 2.03. The Hall–Kier alpha value is -1.48. The number of benzene rings is 1. The van der Waals surface area contributed by atoms with Crippen molar-refractivity contribution in [3.8, 4) is 5.75 Å². The zero-order chi connectivity index (χ0) is 15.3. The standard InChI is InChI=1S/C16H21ClO3/c1-5-12(16(18)19)6-7-20-15-8-11(4)14(17)9-13(15)10(2)3/h6,8-10H,5,7H2,1-4H3,(H,18,19). The van der Waals surface area contributed by atoms with Crippen LogP contribution in [-0.4, -0.2) is 17.7 Å². The van der Waals surface area contributed by atoms with Gasteiger partial charge in [-0.15, -0.1) is 0 Å². The van der Waals surface area contributed by atoms with E-state index in [1.54, 1.807) is 6.08 Å². The van der Waals surface area contributed by atoms with E-state index < -0.39 is 5.97 Å². The van der Waals surface area contributed by atoms with Crippen LogP contribution < -0.4 is 4.74 Å². The molecule has 0 atom stereocenters. The van der Waals surface area contributed by atoms with Crippen molar-refractivity contribution in [1.82, 2.24) is 0 Å². The van der Waals surface area contributed by atoms with Gasteiger partial charge in [-0.3, -0.25) is 0 Å². The Morgan fingerprint density at radius 3 is 2.60 bits per heavy atom. The maximum atomic E-state index is 10.9. The number of halogens is 1. The van der Waals surface area contributed by atoms with Crippen LogP contribution in [-0.2, 0) is 4.79 Å². The Morgan fingerprint density at radius 1 is 1.45 bits per heavy atom. The van der Waals surface area contributed by atoms with Crippen LogP contribution in [0.4, 0.5) is 0 Å². The van der Waals surface area contributed by atoms with Crippen molar-refractivity contribution in [2.45, 2.75) is 40.0 Å². The number of rotatable bonds is 6. The Balaban J connectivity index is 2.92. The molecule has 0 spiro atoms. The van der Waals surface area contributed by atoms with Gasteiger partial charge in [-0.25, -0.2) is 4.79 Å². The average Bonchev–Trinajstić information content (AvgIpc) is 2.37. The number of hydrogen-bond acceptors (Lipinski definition) is 2. The highest BCUT2D eigenvalue weighted by molar-refractivity contribution is 6.31. The number of hydrogen-bond donors (Lipinski definition) is 1. The zero-order valence-electron chi connectivity index (χ0n) is 12.4. The van der Waals surface area contributed by atoms with Crippen molar-refractivity contribution in [2.75, 3.05) is 6.61 Å². The van der Waals surface area contributed by atoms with Gasteiger partial charge in [0.1, 0.15) is 12.4 Å². The molecule has 0 saturated carbocycles. The van der Waals surface area contributed by atoms with Gasteiger partial charge in [0.25, 0.3) is 0 Å². The Bertz CT molecular complexity index is 519. The fourth-order valence-electron chi connectivity index (χ4n) is 1.86. The summed E-state index contributed by atoms with van der Waals surface area (Å²) in [7, 11) is 0. The highest BCUT2D eigenvalue weighted by atomic mass is 35.5. The quantitative estimate of drug-likeness (QED) is 0.782. The van der Waals surface area contributed by atoms with Crippen LogP contribution in [0.15, 0.2) is 23.8 Å². The van der Waals surface area contributed by atoms with Gasteiger partial charge in [-0.05, 0) is 48.6 Å². The third kappa shape index (κ3) is 4.27. The SMILES string of the molecule is CCC(=CCOc1cc(C)c(Cl)cc1C(C)C)C(=O)O. The maximum absolute atomic E-state index is 10.9. The number of carboxylic acids is 1. The number of aliphatic carboxylic acids is 1. The molecule has 0 radical (unpaired) electrons. The summed E-state index contributed by atoms with van der Waals surface area (Å²) < 4.78 is 5.72. The molecule has 4 heteroatoms. The first kappa shape index (κ1) is 16.6. The first-order chi connectivity index (χ1) is 9.36. The highest BCUT2D eigenvalue weighted by Gasteiger charge is 2.11. The molecule has 3 nitrogen and oxygen atoms in total. The minimum atomic E-state index is -0.896. The molecule has 0 saturated heterocycles. The van der Waals surface area contributed by atoms with Crippen LogP contribution in [0.5, 0.6) is 5.75 Å². The first-order valence-electron chi connectivity index (χ1n) is 6.72. The third-order valence-electron chi connectivity index (χ3n) is 3.14. The molecule has 0 unspecified atom stereocenters. The van der Waals surface area contributed by atoms with Crippen molar-refractivity contribution in [3.63, 3.8) is 0 Å². The van der Waals surface area contributed by atoms with E-state index in [0.29, 0.717) is 12.0 Å². The number of ether oxygens (including phenoxy) is 1. The Labute approximate surface area is 125 Å².